The number of ketones is 1. The van der Waals surface area contributed by atoms with Gasteiger partial charge in [-0.15, -0.1) is 0 Å². The molecule has 0 bridgehead atoms. The van der Waals surface area contributed by atoms with Crippen molar-refractivity contribution in [1.82, 2.24) is 4.72 Å². The smallest absolute Gasteiger partial charge is 0.283 e. The van der Waals surface area contributed by atoms with Crippen LogP contribution in [-0.2, 0) is 15.0 Å². The number of Topliss-reactive ketones (excluding diaryl/α,β-unsaturated/α-hetero) is 1. The zero-order valence-corrected chi connectivity index (χ0v) is 12.4. The first-order valence-corrected chi connectivity index (χ1v) is 7.96. The Kier molecular flexibility index (Phi) is 3.45. The summed E-state index contributed by atoms with van der Waals surface area (Å²) in [5.74, 6) is -3.05. The fourth-order valence-corrected chi connectivity index (χ4v) is 3.37. The summed E-state index contributed by atoms with van der Waals surface area (Å²) in [6.07, 6.45) is 0. The highest BCUT2D eigenvalue weighted by Crippen LogP contribution is 2.30. The van der Waals surface area contributed by atoms with E-state index < -0.39 is 27.8 Å². The summed E-state index contributed by atoms with van der Waals surface area (Å²) >= 11 is 0. The Bertz CT molecular complexity index is 922. The average Bonchev–Trinajstić information content (AvgIpc) is 2.80. The van der Waals surface area contributed by atoms with Crippen molar-refractivity contribution in [1.29, 1.82) is 0 Å². The predicted octanol–water partition coefficient (Wildman–Crippen LogP) is 0.891. The molecule has 2 aromatic rings. The zero-order chi connectivity index (χ0) is 16.6. The molecule has 8 heteroatoms. The fraction of sp³-hybridized carbons (Fsp3) is 0. The van der Waals surface area contributed by atoms with Gasteiger partial charge in [-0.3, -0.25) is 14.4 Å². The van der Waals surface area contributed by atoms with Crippen LogP contribution in [0.1, 0.15) is 20.7 Å². The van der Waals surface area contributed by atoms with E-state index in [2.05, 4.69) is 0 Å². The Morgan fingerprint density at radius 1 is 0.913 bits per heavy atom. The maximum Gasteiger partial charge on any atom is 0.333 e. The minimum Gasteiger partial charge on any atom is -0.283 e. The van der Waals surface area contributed by atoms with E-state index in [1.165, 1.54) is 36.4 Å². The number of amides is 2. The molecule has 0 unspecified atom stereocenters. The van der Waals surface area contributed by atoms with Gasteiger partial charge in [0.1, 0.15) is 0 Å². The van der Waals surface area contributed by atoms with Crippen molar-refractivity contribution >= 4 is 33.5 Å². The molecule has 3 rings (SSSR count). The molecule has 23 heavy (non-hydrogen) atoms. The van der Waals surface area contributed by atoms with Gasteiger partial charge < -0.3 is 0 Å². The van der Waals surface area contributed by atoms with E-state index >= 15 is 0 Å². The third kappa shape index (κ3) is 2.49. The molecule has 0 fully saturated rings. The summed E-state index contributed by atoms with van der Waals surface area (Å²) in [7, 11) is -4.54. The summed E-state index contributed by atoms with van der Waals surface area (Å²) in [6.45, 7) is 0. The highest BCUT2D eigenvalue weighted by atomic mass is 32.2. The molecule has 0 saturated heterocycles. The standard InChI is InChI=1S/C15H10N2O5S/c18-13-11-8-4-5-9-12(11)17(15(13)20)23(21,22)16-14(19)10-6-2-1-3-7-10/h1-9H,(H,16,19). The molecule has 0 radical (unpaired) electrons. The lowest BCUT2D eigenvalue weighted by Crippen LogP contribution is -2.46. The Morgan fingerprint density at radius 3 is 2.22 bits per heavy atom. The Balaban J connectivity index is 1.96. The van der Waals surface area contributed by atoms with Crippen molar-refractivity contribution in [3.63, 3.8) is 0 Å². The van der Waals surface area contributed by atoms with Crippen molar-refractivity contribution in [2.75, 3.05) is 4.31 Å². The van der Waals surface area contributed by atoms with Crippen LogP contribution in [0.5, 0.6) is 0 Å². The number of nitrogens with zero attached hydrogens (tertiary/aromatic N) is 1. The number of benzene rings is 2. The minimum atomic E-state index is -4.54. The number of hydrogen-bond donors (Lipinski definition) is 1. The fourth-order valence-electron chi connectivity index (χ4n) is 2.21. The third-order valence-corrected chi connectivity index (χ3v) is 4.53. The lowest BCUT2D eigenvalue weighted by molar-refractivity contribution is -0.113. The molecule has 2 amide bonds. The number of anilines is 1. The van der Waals surface area contributed by atoms with Crippen LogP contribution in [0.25, 0.3) is 0 Å². The van der Waals surface area contributed by atoms with E-state index in [0.717, 1.165) is 0 Å². The van der Waals surface area contributed by atoms with Crippen molar-refractivity contribution in [2.24, 2.45) is 0 Å². The number of carbonyl (C=O) groups is 3. The second-order valence-corrected chi connectivity index (χ2v) is 6.24. The van der Waals surface area contributed by atoms with Gasteiger partial charge in [-0.1, -0.05) is 30.3 Å². The van der Waals surface area contributed by atoms with E-state index in [1.807, 2.05) is 0 Å². The number of fused-ring (bicyclic) bond motifs is 1. The summed E-state index contributed by atoms with van der Waals surface area (Å²) < 4.78 is 26.8. The number of nitrogens with one attached hydrogen (secondary N) is 1. The van der Waals surface area contributed by atoms with Crippen LogP contribution in [0, 0.1) is 0 Å². The lowest BCUT2D eigenvalue weighted by atomic mass is 10.1. The third-order valence-electron chi connectivity index (χ3n) is 3.24. The van der Waals surface area contributed by atoms with Crippen LogP contribution >= 0.6 is 0 Å². The van der Waals surface area contributed by atoms with Gasteiger partial charge in [-0.05, 0) is 24.3 Å². The average molecular weight is 330 g/mol. The van der Waals surface area contributed by atoms with Gasteiger partial charge in [-0.2, -0.15) is 12.7 Å². The molecular formula is C15H10N2O5S. The van der Waals surface area contributed by atoms with E-state index in [0.29, 0.717) is 4.31 Å². The van der Waals surface area contributed by atoms with Gasteiger partial charge in [0.25, 0.3) is 11.7 Å². The molecule has 1 heterocycles. The maximum atomic E-state index is 12.4. The van der Waals surface area contributed by atoms with Crippen molar-refractivity contribution in [3.8, 4) is 0 Å². The molecule has 1 aliphatic rings. The Morgan fingerprint density at radius 2 is 1.52 bits per heavy atom. The monoisotopic (exact) mass is 330 g/mol. The van der Waals surface area contributed by atoms with E-state index in [-0.39, 0.29) is 16.8 Å². The molecule has 0 atom stereocenters. The summed E-state index contributed by atoms with van der Waals surface area (Å²) in [4.78, 5) is 35.8. The first-order valence-electron chi connectivity index (χ1n) is 6.52. The summed E-state index contributed by atoms with van der Waals surface area (Å²) in [6, 6.07) is 13.3. The molecule has 0 saturated carbocycles. The quantitative estimate of drug-likeness (QED) is 0.842. The van der Waals surface area contributed by atoms with Gasteiger partial charge in [0.05, 0.1) is 11.3 Å². The Hall–Kier alpha value is -3.00. The van der Waals surface area contributed by atoms with Crippen molar-refractivity contribution in [3.05, 3.63) is 65.7 Å². The first kappa shape index (κ1) is 14.9. The normalized spacial score (nSPS) is 13.8. The molecule has 0 aromatic heterocycles. The van der Waals surface area contributed by atoms with Crippen molar-refractivity contribution in [2.45, 2.75) is 0 Å². The number of hydrogen-bond acceptors (Lipinski definition) is 5. The van der Waals surface area contributed by atoms with Gasteiger partial charge in [0.2, 0.25) is 0 Å². The van der Waals surface area contributed by atoms with Crippen LogP contribution in [0.2, 0.25) is 0 Å². The highest BCUT2D eigenvalue weighted by molar-refractivity contribution is 7.92. The number of para-hydroxylation sites is 1. The van der Waals surface area contributed by atoms with Gasteiger partial charge in [0.15, 0.2) is 0 Å². The zero-order valence-electron chi connectivity index (χ0n) is 11.6. The van der Waals surface area contributed by atoms with Crippen LogP contribution in [0.4, 0.5) is 5.69 Å². The number of rotatable bonds is 3. The SMILES string of the molecule is O=C(NS(=O)(=O)N1C(=O)C(=O)c2ccccc21)c1ccccc1. The van der Waals surface area contributed by atoms with Crippen LogP contribution in [-0.4, -0.2) is 26.0 Å². The molecule has 0 spiro atoms. The molecule has 1 N–H and O–H groups in total. The van der Waals surface area contributed by atoms with Gasteiger partial charge in [0, 0.05) is 5.56 Å². The minimum absolute atomic E-state index is 0.0185. The van der Waals surface area contributed by atoms with E-state index in [4.69, 9.17) is 0 Å². The van der Waals surface area contributed by atoms with Gasteiger partial charge in [-0.25, -0.2) is 4.72 Å². The predicted molar refractivity (Wildman–Crippen MR) is 81.1 cm³/mol. The van der Waals surface area contributed by atoms with Crippen molar-refractivity contribution < 1.29 is 22.8 Å². The van der Waals surface area contributed by atoms with E-state index in [1.54, 1.807) is 22.9 Å². The molecule has 2 aromatic carbocycles. The molecule has 0 aliphatic carbocycles. The topological polar surface area (TPSA) is 101 Å². The highest BCUT2D eigenvalue weighted by Gasteiger charge is 2.43. The number of carbonyl (C=O) groups excluding carboxylic acids is 3. The van der Waals surface area contributed by atoms with Gasteiger partial charge >= 0.3 is 16.1 Å². The maximum absolute atomic E-state index is 12.4. The van der Waals surface area contributed by atoms with Crippen LogP contribution in [0.15, 0.2) is 54.6 Å². The van der Waals surface area contributed by atoms with Crippen LogP contribution in [0.3, 0.4) is 0 Å². The molecule has 1 aliphatic heterocycles. The molecular weight excluding hydrogens is 320 g/mol. The summed E-state index contributed by atoms with van der Waals surface area (Å²) in [5.41, 5.74) is 0.0215. The lowest BCUT2D eigenvalue weighted by Gasteiger charge is -2.17. The summed E-state index contributed by atoms with van der Waals surface area (Å²) in [5, 5.41) is 0. The second-order valence-electron chi connectivity index (χ2n) is 4.72. The second kappa shape index (κ2) is 5.33. The van der Waals surface area contributed by atoms with E-state index in [9.17, 15) is 22.8 Å². The first-order chi connectivity index (χ1) is 10.9. The van der Waals surface area contributed by atoms with Crippen LogP contribution < -0.4 is 9.03 Å². The largest absolute Gasteiger partial charge is 0.333 e. The Labute approximate surface area is 131 Å². The molecule has 116 valence electrons. The molecule has 7 nitrogen and oxygen atoms in total.